The Morgan fingerprint density at radius 3 is 2.94 bits per heavy atom. The zero-order chi connectivity index (χ0) is 12.5. The maximum absolute atomic E-state index is 5.50. The average molecular weight is 234 g/mol. The lowest BCUT2D eigenvalue weighted by atomic mass is 10.1. The molecule has 0 saturated carbocycles. The normalized spacial score (nSPS) is 13.1. The van der Waals surface area contributed by atoms with E-state index in [1.807, 2.05) is 6.21 Å². The molecule has 1 aromatic carbocycles. The van der Waals surface area contributed by atoms with Crippen molar-refractivity contribution in [2.45, 2.75) is 19.4 Å². The first-order chi connectivity index (χ1) is 8.27. The van der Waals surface area contributed by atoms with Gasteiger partial charge in [-0.2, -0.15) is 0 Å². The summed E-state index contributed by atoms with van der Waals surface area (Å²) in [4.78, 5) is 3.95. The molecule has 0 saturated heterocycles. The minimum atomic E-state index is 0.119. The second-order valence-electron chi connectivity index (χ2n) is 4.07. The van der Waals surface area contributed by atoms with Crippen LogP contribution in [0.2, 0.25) is 0 Å². The SMILES string of the molecule is CN=CCCNCC(OC)c1cccc(C)c1. The number of aliphatic imine (C=N–C) groups is 1. The van der Waals surface area contributed by atoms with Crippen molar-refractivity contribution in [3.63, 3.8) is 0 Å². The molecule has 0 heterocycles. The Hall–Kier alpha value is -1.19. The van der Waals surface area contributed by atoms with E-state index in [1.54, 1.807) is 14.2 Å². The number of rotatable bonds is 7. The van der Waals surface area contributed by atoms with Gasteiger partial charge in [-0.3, -0.25) is 0 Å². The van der Waals surface area contributed by atoms with E-state index in [9.17, 15) is 0 Å². The van der Waals surface area contributed by atoms with Crippen LogP contribution in [0.4, 0.5) is 0 Å². The zero-order valence-electron chi connectivity index (χ0n) is 10.9. The minimum Gasteiger partial charge on any atom is -0.375 e. The number of benzene rings is 1. The molecule has 1 N–H and O–H groups in total. The lowest BCUT2D eigenvalue weighted by molar-refractivity contribution is 0.103. The van der Waals surface area contributed by atoms with Gasteiger partial charge in [0.2, 0.25) is 0 Å². The van der Waals surface area contributed by atoms with Crippen LogP contribution < -0.4 is 5.32 Å². The first-order valence-corrected chi connectivity index (χ1v) is 5.98. The van der Waals surface area contributed by atoms with Gasteiger partial charge in [0.25, 0.3) is 0 Å². The standard InChI is InChI=1S/C14H22N2O/c1-12-6-4-7-13(10-12)14(17-3)11-16-9-5-8-15-2/h4,6-8,10,14,16H,5,9,11H2,1-3H3. The van der Waals surface area contributed by atoms with Crippen molar-refractivity contribution in [1.29, 1.82) is 0 Å². The number of hydrogen-bond acceptors (Lipinski definition) is 3. The topological polar surface area (TPSA) is 33.6 Å². The van der Waals surface area contributed by atoms with Gasteiger partial charge >= 0.3 is 0 Å². The Bertz CT molecular complexity index is 350. The van der Waals surface area contributed by atoms with Gasteiger partial charge in [0, 0.05) is 27.2 Å². The van der Waals surface area contributed by atoms with E-state index in [1.165, 1.54) is 11.1 Å². The van der Waals surface area contributed by atoms with Crippen LogP contribution in [0, 0.1) is 6.92 Å². The quantitative estimate of drug-likeness (QED) is 0.580. The highest BCUT2D eigenvalue weighted by molar-refractivity contribution is 5.56. The van der Waals surface area contributed by atoms with E-state index in [2.05, 4.69) is 41.5 Å². The van der Waals surface area contributed by atoms with E-state index in [-0.39, 0.29) is 6.10 Å². The second kappa shape index (κ2) is 7.98. The number of nitrogens with zero attached hydrogens (tertiary/aromatic N) is 1. The van der Waals surface area contributed by atoms with Gasteiger partial charge in [-0.1, -0.05) is 29.8 Å². The zero-order valence-corrected chi connectivity index (χ0v) is 10.9. The number of hydrogen-bond donors (Lipinski definition) is 1. The summed E-state index contributed by atoms with van der Waals surface area (Å²) in [5, 5.41) is 3.37. The molecule has 0 aromatic heterocycles. The van der Waals surface area contributed by atoms with Gasteiger partial charge in [0.05, 0.1) is 6.10 Å². The molecule has 0 fully saturated rings. The molecule has 0 radical (unpaired) electrons. The third-order valence-corrected chi connectivity index (χ3v) is 2.66. The fraction of sp³-hybridized carbons (Fsp3) is 0.500. The average Bonchev–Trinajstić information content (AvgIpc) is 2.34. The van der Waals surface area contributed by atoms with Gasteiger partial charge < -0.3 is 15.0 Å². The monoisotopic (exact) mass is 234 g/mol. The Kier molecular flexibility index (Phi) is 6.51. The summed E-state index contributed by atoms with van der Waals surface area (Å²) in [6.45, 7) is 3.86. The van der Waals surface area contributed by atoms with Gasteiger partial charge in [-0.05, 0) is 25.1 Å². The lowest BCUT2D eigenvalue weighted by Crippen LogP contribution is -2.24. The molecular formula is C14H22N2O. The van der Waals surface area contributed by atoms with Crippen LogP contribution in [0.15, 0.2) is 29.3 Å². The fourth-order valence-corrected chi connectivity index (χ4v) is 1.74. The van der Waals surface area contributed by atoms with Crippen molar-refractivity contribution in [3.8, 4) is 0 Å². The molecule has 0 aliphatic heterocycles. The number of nitrogens with one attached hydrogen (secondary N) is 1. The molecule has 0 aliphatic rings. The molecule has 1 atom stereocenters. The molecular weight excluding hydrogens is 212 g/mol. The second-order valence-corrected chi connectivity index (χ2v) is 4.07. The number of methoxy groups -OCH3 is 1. The van der Waals surface area contributed by atoms with Gasteiger partial charge in [-0.15, -0.1) is 0 Å². The fourth-order valence-electron chi connectivity index (χ4n) is 1.74. The lowest BCUT2D eigenvalue weighted by Gasteiger charge is -2.16. The Labute approximate surface area is 104 Å². The van der Waals surface area contributed by atoms with Crippen molar-refractivity contribution in [2.24, 2.45) is 4.99 Å². The van der Waals surface area contributed by atoms with Crippen molar-refractivity contribution in [1.82, 2.24) is 5.32 Å². The van der Waals surface area contributed by atoms with Crippen molar-refractivity contribution < 1.29 is 4.74 Å². The smallest absolute Gasteiger partial charge is 0.0945 e. The third kappa shape index (κ3) is 5.11. The Morgan fingerprint density at radius 2 is 2.29 bits per heavy atom. The van der Waals surface area contributed by atoms with Crippen molar-refractivity contribution in [3.05, 3.63) is 35.4 Å². The number of aryl methyl sites for hydroxylation is 1. The van der Waals surface area contributed by atoms with Gasteiger partial charge in [0.15, 0.2) is 0 Å². The van der Waals surface area contributed by atoms with Gasteiger partial charge in [-0.25, -0.2) is 0 Å². The third-order valence-electron chi connectivity index (χ3n) is 2.66. The molecule has 17 heavy (non-hydrogen) atoms. The first kappa shape index (κ1) is 13.9. The van der Waals surface area contributed by atoms with Crippen LogP contribution in [0.1, 0.15) is 23.7 Å². The number of ether oxygens (including phenoxy) is 1. The Morgan fingerprint density at radius 1 is 1.47 bits per heavy atom. The predicted molar refractivity (Wildman–Crippen MR) is 72.8 cm³/mol. The molecule has 0 aliphatic carbocycles. The highest BCUT2D eigenvalue weighted by Crippen LogP contribution is 2.16. The molecule has 94 valence electrons. The summed E-state index contributed by atoms with van der Waals surface area (Å²) in [6.07, 6.45) is 3.00. The summed E-state index contributed by atoms with van der Waals surface area (Å²) in [5.74, 6) is 0. The highest BCUT2D eigenvalue weighted by Gasteiger charge is 2.09. The van der Waals surface area contributed by atoms with Crippen LogP contribution in [0.5, 0.6) is 0 Å². The molecule has 3 nitrogen and oxygen atoms in total. The van der Waals surface area contributed by atoms with Crippen LogP contribution in [0.3, 0.4) is 0 Å². The molecule has 0 amide bonds. The van der Waals surface area contributed by atoms with E-state index in [4.69, 9.17) is 4.74 Å². The maximum Gasteiger partial charge on any atom is 0.0945 e. The molecule has 1 unspecified atom stereocenters. The van der Waals surface area contributed by atoms with Crippen molar-refractivity contribution >= 4 is 6.21 Å². The van der Waals surface area contributed by atoms with Crippen LogP contribution in [-0.4, -0.2) is 33.5 Å². The summed E-state index contributed by atoms with van der Waals surface area (Å²) in [5.41, 5.74) is 2.49. The molecule has 1 rings (SSSR count). The van der Waals surface area contributed by atoms with Crippen LogP contribution >= 0.6 is 0 Å². The minimum absolute atomic E-state index is 0.119. The summed E-state index contributed by atoms with van der Waals surface area (Å²) in [7, 11) is 3.55. The van der Waals surface area contributed by atoms with E-state index in [0.717, 1.165) is 19.5 Å². The largest absolute Gasteiger partial charge is 0.375 e. The van der Waals surface area contributed by atoms with Crippen molar-refractivity contribution in [2.75, 3.05) is 27.2 Å². The summed E-state index contributed by atoms with van der Waals surface area (Å²) >= 11 is 0. The van der Waals surface area contributed by atoms with E-state index >= 15 is 0 Å². The van der Waals surface area contributed by atoms with Gasteiger partial charge in [0.1, 0.15) is 0 Å². The summed E-state index contributed by atoms with van der Waals surface area (Å²) < 4.78 is 5.50. The Balaban J connectivity index is 2.43. The predicted octanol–water partition coefficient (Wildman–Crippen LogP) is 2.36. The van der Waals surface area contributed by atoms with E-state index in [0.29, 0.717) is 0 Å². The molecule has 0 bridgehead atoms. The van der Waals surface area contributed by atoms with Crippen LogP contribution in [-0.2, 0) is 4.74 Å². The molecule has 1 aromatic rings. The van der Waals surface area contributed by atoms with Crippen LogP contribution in [0.25, 0.3) is 0 Å². The maximum atomic E-state index is 5.50. The highest BCUT2D eigenvalue weighted by atomic mass is 16.5. The summed E-state index contributed by atoms with van der Waals surface area (Å²) in [6, 6.07) is 8.45. The molecule has 0 spiro atoms. The first-order valence-electron chi connectivity index (χ1n) is 5.98. The molecule has 3 heteroatoms. The van der Waals surface area contributed by atoms with E-state index < -0.39 is 0 Å².